The predicted octanol–water partition coefficient (Wildman–Crippen LogP) is 2.26. The lowest BCUT2D eigenvalue weighted by atomic mass is 10.1. The Hall–Kier alpha value is -2.87. The van der Waals surface area contributed by atoms with Gasteiger partial charge >= 0.3 is 16.1 Å². The number of rotatable bonds is 6. The van der Waals surface area contributed by atoms with Crippen molar-refractivity contribution in [2.24, 2.45) is 5.16 Å². The van der Waals surface area contributed by atoms with Crippen molar-refractivity contribution in [1.29, 1.82) is 0 Å². The second-order valence-electron chi connectivity index (χ2n) is 5.53. The van der Waals surface area contributed by atoms with Crippen molar-refractivity contribution in [3.8, 4) is 0 Å². The number of nitrogens with zero attached hydrogens (tertiary/aromatic N) is 2. The molecule has 0 aliphatic carbocycles. The zero-order valence-electron chi connectivity index (χ0n) is 14.0. The molecule has 0 spiro atoms. The molecule has 0 saturated heterocycles. The van der Waals surface area contributed by atoms with E-state index in [-0.39, 0.29) is 10.5 Å². The number of carboxylic acids is 1. The Balaban J connectivity index is 2.31. The number of benzene rings is 2. The Morgan fingerprint density at radius 1 is 1.04 bits per heavy atom. The van der Waals surface area contributed by atoms with Gasteiger partial charge in [-0.25, -0.2) is 4.79 Å². The van der Waals surface area contributed by atoms with Crippen LogP contribution < -0.4 is 4.90 Å². The van der Waals surface area contributed by atoms with E-state index in [1.807, 2.05) is 25.9 Å². The van der Waals surface area contributed by atoms with Crippen LogP contribution in [0.3, 0.4) is 0 Å². The number of carboxylic acid groups (broad SMARTS) is 1. The highest BCUT2D eigenvalue weighted by Crippen LogP contribution is 2.16. The van der Waals surface area contributed by atoms with Crippen molar-refractivity contribution in [3.05, 3.63) is 59.7 Å². The summed E-state index contributed by atoms with van der Waals surface area (Å²) in [5, 5.41) is 12.6. The Morgan fingerprint density at radius 3 is 2.08 bits per heavy atom. The van der Waals surface area contributed by atoms with Crippen LogP contribution in [0.5, 0.6) is 0 Å². The predicted molar refractivity (Wildman–Crippen MR) is 94.4 cm³/mol. The van der Waals surface area contributed by atoms with Gasteiger partial charge in [0.05, 0.1) is 0 Å². The molecule has 0 fully saturated rings. The molecule has 132 valence electrons. The number of aliphatic carboxylic acids is 1. The molecule has 0 atom stereocenters. The summed E-state index contributed by atoms with van der Waals surface area (Å²) < 4.78 is 28.8. The normalized spacial score (nSPS) is 11.9. The molecule has 0 aromatic heterocycles. The van der Waals surface area contributed by atoms with E-state index in [1.54, 1.807) is 24.3 Å². The largest absolute Gasteiger partial charge is 0.476 e. The molecule has 8 heteroatoms. The monoisotopic (exact) mass is 362 g/mol. The smallest absolute Gasteiger partial charge is 0.358 e. The zero-order chi connectivity index (χ0) is 18.6. The van der Waals surface area contributed by atoms with E-state index in [0.29, 0.717) is 0 Å². The highest BCUT2D eigenvalue weighted by atomic mass is 32.2. The van der Waals surface area contributed by atoms with Crippen LogP contribution in [-0.2, 0) is 19.2 Å². The molecule has 0 radical (unpaired) electrons. The van der Waals surface area contributed by atoms with Gasteiger partial charge in [-0.1, -0.05) is 35.0 Å². The third-order valence-corrected chi connectivity index (χ3v) is 4.52. The molecule has 2 aromatic rings. The first kappa shape index (κ1) is 18.5. The van der Waals surface area contributed by atoms with E-state index in [0.717, 1.165) is 11.3 Å². The summed E-state index contributed by atoms with van der Waals surface area (Å²) in [7, 11) is -0.503. The SMILES string of the molecule is Cc1ccc(S(=O)(=O)ON=C(C(=O)O)c2ccc(N(C)C)cc2)cc1. The minimum Gasteiger partial charge on any atom is -0.476 e. The van der Waals surface area contributed by atoms with Crippen LogP contribution in [0.1, 0.15) is 11.1 Å². The van der Waals surface area contributed by atoms with Crippen molar-refractivity contribution in [1.82, 2.24) is 0 Å². The summed E-state index contributed by atoms with van der Waals surface area (Å²) in [6.45, 7) is 1.81. The first-order chi connectivity index (χ1) is 11.7. The number of hydrogen-bond donors (Lipinski definition) is 1. The molecule has 25 heavy (non-hydrogen) atoms. The van der Waals surface area contributed by atoms with E-state index < -0.39 is 21.8 Å². The summed E-state index contributed by atoms with van der Waals surface area (Å²) in [6.07, 6.45) is 0. The molecule has 0 aliphatic rings. The minimum atomic E-state index is -4.19. The van der Waals surface area contributed by atoms with Gasteiger partial charge < -0.3 is 10.0 Å². The summed E-state index contributed by atoms with van der Waals surface area (Å²) in [5.41, 5.74) is 1.48. The fraction of sp³-hybridized carbons (Fsp3) is 0.176. The number of carbonyl (C=O) groups is 1. The molecule has 0 amide bonds. The van der Waals surface area contributed by atoms with Crippen molar-refractivity contribution in [3.63, 3.8) is 0 Å². The second-order valence-corrected chi connectivity index (χ2v) is 7.06. The van der Waals surface area contributed by atoms with Gasteiger partial charge in [0.1, 0.15) is 4.90 Å². The van der Waals surface area contributed by atoms with Gasteiger partial charge in [0.15, 0.2) is 5.71 Å². The van der Waals surface area contributed by atoms with Crippen LogP contribution in [0.2, 0.25) is 0 Å². The Kier molecular flexibility index (Phi) is 5.43. The third-order valence-electron chi connectivity index (χ3n) is 3.40. The van der Waals surface area contributed by atoms with E-state index in [4.69, 9.17) is 0 Å². The van der Waals surface area contributed by atoms with Crippen molar-refractivity contribution in [2.45, 2.75) is 11.8 Å². The first-order valence-electron chi connectivity index (χ1n) is 7.30. The van der Waals surface area contributed by atoms with Crippen molar-refractivity contribution in [2.75, 3.05) is 19.0 Å². The molecule has 1 N–H and O–H groups in total. The summed E-state index contributed by atoms with van der Waals surface area (Å²) in [5.74, 6) is -1.39. The van der Waals surface area contributed by atoms with Gasteiger partial charge in [-0.05, 0) is 31.2 Å². The van der Waals surface area contributed by atoms with Gasteiger partial charge in [-0.15, -0.1) is 0 Å². The van der Waals surface area contributed by atoms with E-state index in [1.165, 1.54) is 24.3 Å². The molecule has 0 heterocycles. The van der Waals surface area contributed by atoms with Crippen LogP contribution >= 0.6 is 0 Å². The summed E-state index contributed by atoms with van der Waals surface area (Å²) in [6, 6.07) is 12.4. The van der Waals surface area contributed by atoms with Crippen LogP contribution in [0, 0.1) is 6.92 Å². The lowest BCUT2D eigenvalue weighted by Gasteiger charge is -2.12. The summed E-state index contributed by atoms with van der Waals surface area (Å²) in [4.78, 5) is 13.1. The molecule has 2 aromatic carbocycles. The first-order valence-corrected chi connectivity index (χ1v) is 8.71. The quantitative estimate of drug-likeness (QED) is 0.625. The maximum absolute atomic E-state index is 12.1. The van der Waals surface area contributed by atoms with E-state index in [2.05, 4.69) is 9.44 Å². The van der Waals surface area contributed by atoms with Gasteiger partial charge in [0.25, 0.3) is 0 Å². The molecule has 2 rings (SSSR count). The maximum Gasteiger partial charge on any atom is 0.358 e. The Labute approximate surface area is 146 Å². The van der Waals surface area contributed by atoms with Crippen LogP contribution in [0.4, 0.5) is 5.69 Å². The zero-order valence-corrected chi connectivity index (χ0v) is 14.8. The van der Waals surface area contributed by atoms with Crippen molar-refractivity contribution < 1.29 is 22.6 Å². The van der Waals surface area contributed by atoms with Gasteiger partial charge in [-0.3, -0.25) is 4.28 Å². The summed E-state index contributed by atoms with van der Waals surface area (Å²) >= 11 is 0. The maximum atomic E-state index is 12.1. The molecule has 0 saturated carbocycles. The van der Waals surface area contributed by atoms with E-state index in [9.17, 15) is 18.3 Å². The number of anilines is 1. The Morgan fingerprint density at radius 2 is 1.60 bits per heavy atom. The fourth-order valence-electron chi connectivity index (χ4n) is 1.97. The average molecular weight is 362 g/mol. The average Bonchev–Trinajstić information content (AvgIpc) is 2.55. The van der Waals surface area contributed by atoms with Crippen LogP contribution in [0.15, 0.2) is 58.6 Å². The van der Waals surface area contributed by atoms with Crippen molar-refractivity contribution >= 4 is 27.5 Å². The highest BCUT2D eigenvalue weighted by molar-refractivity contribution is 7.86. The Bertz CT molecular complexity index is 886. The lowest BCUT2D eigenvalue weighted by Crippen LogP contribution is -2.17. The molecule has 0 bridgehead atoms. The number of hydrogen-bond acceptors (Lipinski definition) is 6. The van der Waals surface area contributed by atoms with Gasteiger partial charge in [0, 0.05) is 25.3 Å². The number of aryl methyl sites for hydroxylation is 1. The number of oxime groups is 1. The second kappa shape index (κ2) is 7.35. The standard InChI is InChI=1S/C17H18N2O5S/c1-12-4-10-15(11-5-12)25(22,23)24-18-16(17(20)21)13-6-8-14(9-7-13)19(2)3/h4-11H,1-3H3,(H,20,21). The molecule has 7 nitrogen and oxygen atoms in total. The van der Waals surface area contributed by atoms with Crippen LogP contribution in [-0.4, -0.2) is 39.3 Å². The lowest BCUT2D eigenvalue weighted by molar-refractivity contribution is -0.129. The third kappa shape index (κ3) is 4.57. The molecule has 0 aliphatic heterocycles. The highest BCUT2D eigenvalue weighted by Gasteiger charge is 2.19. The minimum absolute atomic E-state index is 0.102. The molecular weight excluding hydrogens is 344 g/mol. The molecular formula is C17H18N2O5S. The van der Waals surface area contributed by atoms with Crippen LogP contribution in [0.25, 0.3) is 0 Å². The fourth-order valence-corrected chi connectivity index (χ4v) is 2.70. The molecule has 0 unspecified atom stereocenters. The van der Waals surface area contributed by atoms with E-state index >= 15 is 0 Å². The topological polar surface area (TPSA) is 96.3 Å². The van der Waals surface area contributed by atoms with Gasteiger partial charge in [0.2, 0.25) is 0 Å². The van der Waals surface area contributed by atoms with Gasteiger partial charge in [-0.2, -0.15) is 8.42 Å².